The van der Waals surface area contributed by atoms with Crippen LogP contribution >= 0.6 is 0 Å². The van der Waals surface area contributed by atoms with Crippen LogP contribution in [0.3, 0.4) is 0 Å². The summed E-state index contributed by atoms with van der Waals surface area (Å²) in [6.45, 7) is 6.19. The lowest BCUT2D eigenvalue weighted by atomic mass is 10.1. The summed E-state index contributed by atoms with van der Waals surface area (Å²) >= 11 is 0. The zero-order valence-corrected chi connectivity index (χ0v) is 12.9. The lowest BCUT2D eigenvalue weighted by molar-refractivity contribution is -0.0341. The molecule has 5 heteroatoms. The summed E-state index contributed by atoms with van der Waals surface area (Å²) in [5.41, 5.74) is 0. The Morgan fingerprint density at radius 1 is 1.00 bits per heavy atom. The van der Waals surface area contributed by atoms with Gasteiger partial charge in [-0.25, -0.2) is 4.79 Å². The highest BCUT2D eigenvalue weighted by atomic mass is 16.7. The van der Waals surface area contributed by atoms with Crippen LogP contribution in [-0.2, 0) is 14.2 Å². The molecule has 0 saturated heterocycles. The zero-order chi connectivity index (χ0) is 15.1. The molecule has 0 heterocycles. The fourth-order valence-electron chi connectivity index (χ4n) is 1.80. The average Bonchev–Trinajstić information content (AvgIpc) is 2.43. The van der Waals surface area contributed by atoms with E-state index in [9.17, 15) is 4.79 Å². The first-order valence-corrected chi connectivity index (χ1v) is 7.75. The van der Waals surface area contributed by atoms with E-state index in [1.165, 1.54) is 12.8 Å². The van der Waals surface area contributed by atoms with Gasteiger partial charge < -0.3 is 19.3 Å². The van der Waals surface area contributed by atoms with Crippen molar-refractivity contribution in [1.82, 2.24) is 0 Å². The Kier molecular flexibility index (Phi) is 14.0. The van der Waals surface area contributed by atoms with Crippen molar-refractivity contribution in [2.75, 3.05) is 26.4 Å². The second-order valence-corrected chi connectivity index (χ2v) is 4.88. The van der Waals surface area contributed by atoms with Crippen LogP contribution < -0.4 is 0 Å². The van der Waals surface area contributed by atoms with Crippen molar-refractivity contribution in [2.24, 2.45) is 0 Å². The van der Waals surface area contributed by atoms with Crippen LogP contribution in [0.25, 0.3) is 0 Å². The molecule has 0 aliphatic rings. The van der Waals surface area contributed by atoms with Crippen LogP contribution in [0, 0.1) is 0 Å². The Balaban J connectivity index is 3.71. The molecule has 1 atom stereocenters. The van der Waals surface area contributed by atoms with Crippen molar-refractivity contribution in [1.29, 1.82) is 0 Å². The van der Waals surface area contributed by atoms with Crippen molar-refractivity contribution < 1.29 is 24.1 Å². The monoisotopic (exact) mass is 290 g/mol. The molecule has 0 aromatic rings. The SMILES string of the molecule is CCCCCCC(COC(=O)O)OCCOCCCC. The number of carboxylic acid groups (broad SMARTS) is 1. The summed E-state index contributed by atoms with van der Waals surface area (Å²) in [6, 6.07) is 0. The fourth-order valence-corrected chi connectivity index (χ4v) is 1.80. The summed E-state index contributed by atoms with van der Waals surface area (Å²) in [5.74, 6) is 0. The fraction of sp³-hybridized carbons (Fsp3) is 0.933. The largest absolute Gasteiger partial charge is 0.505 e. The summed E-state index contributed by atoms with van der Waals surface area (Å²) < 4.78 is 15.7. The van der Waals surface area contributed by atoms with Crippen molar-refractivity contribution in [3.8, 4) is 0 Å². The second kappa shape index (κ2) is 14.6. The van der Waals surface area contributed by atoms with Crippen molar-refractivity contribution in [3.05, 3.63) is 0 Å². The summed E-state index contributed by atoms with van der Waals surface area (Å²) in [5, 5.41) is 8.54. The van der Waals surface area contributed by atoms with Gasteiger partial charge in [-0.05, 0) is 12.8 Å². The normalized spacial score (nSPS) is 12.3. The molecule has 20 heavy (non-hydrogen) atoms. The average molecular weight is 290 g/mol. The third-order valence-corrected chi connectivity index (χ3v) is 3.00. The molecule has 0 amide bonds. The van der Waals surface area contributed by atoms with E-state index in [1.807, 2.05) is 0 Å². The Hall–Kier alpha value is -0.810. The molecule has 0 aromatic carbocycles. The predicted octanol–water partition coefficient (Wildman–Crippen LogP) is 3.85. The van der Waals surface area contributed by atoms with Crippen LogP contribution in [0.4, 0.5) is 4.79 Å². The minimum absolute atomic E-state index is 0.108. The topological polar surface area (TPSA) is 65.0 Å². The third kappa shape index (κ3) is 13.6. The van der Waals surface area contributed by atoms with Gasteiger partial charge in [-0.3, -0.25) is 0 Å². The first-order chi connectivity index (χ1) is 9.70. The lowest BCUT2D eigenvalue weighted by Gasteiger charge is -2.17. The highest BCUT2D eigenvalue weighted by Gasteiger charge is 2.11. The minimum Gasteiger partial charge on any atom is -0.450 e. The molecular weight excluding hydrogens is 260 g/mol. The van der Waals surface area contributed by atoms with Gasteiger partial charge in [0, 0.05) is 6.61 Å². The van der Waals surface area contributed by atoms with Crippen LogP contribution in [0.2, 0.25) is 0 Å². The number of carbonyl (C=O) groups is 1. The smallest absolute Gasteiger partial charge is 0.450 e. The van der Waals surface area contributed by atoms with E-state index < -0.39 is 6.16 Å². The maximum atomic E-state index is 10.4. The number of ether oxygens (including phenoxy) is 3. The highest BCUT2D eigenvalue weighted by Crippen LogP contribution is 2.09. The van der Waals surface area contributed by atoms with E-state index >= 15 is 0 Å². The predicted molar refractivity (Wildman–Crippen MR) is 78.2 cm³/mol. The Labute approximate surface area is 122 Å². The quantitative estimate of drug-likeness (QED) is 0.389. The maximum absolute atomic E-state index is 10.4. The summed E-state index contributed by atoms with van der Waals surface area (Å²) in [4.78, 5) is 10.4. The van der Waals surface area contributed by atoms with Gasteiger partial charge in [0.25, 0.3) is 0 Å². The molecule has 0 rings (SSSR count). The molecule has 0 aromatic heterocycles. The van der Waals surface area contributed by atoms with E-state index in [0.29, 0.717) is 13.2 Å². The molecule has 0 aliphatic heterocycles. The Bertz CT molecular complexity index is 220. The van der Waals surface area contributed by atoms with Crippen molar-refractivity contribution in [3.63, 3.8) is 0 Å². The number of unbranched alkanes of at least 4 members (excludes halogenated alkanes) is 4. The molecule has 0 bridgehead atoms. The molecule has 120 valence electrons. The van der Waals surface area contributed by atoms with Crippen molar-refractivity contribution >= 4 is 6.16 Å². The van der Waals surface area contributed by atoms with E-state index in [0.717, 1.165) is 38.7 Å². The van der Waals surface area contributed by atoms with Gasteiger partial charge in [-0.1, -0.05) is 46.0 Å². The molecule has 1 N–H and O–H groups in total. The van der Waals surface area contributed by atoms with Gasteiger partial charge in [-0.2, -0.15) is 0 Å². The van der Waals surface area contributed by atoms with Gasteiger partial charge in [0.2, 0.25) is 0 Å². The standard InChI is InChI=1S/C15H30O5/c1-3-5-7-8-9-14(13-20-15(16)17)19-12-11-18-10-6-4-2/h14H,3-13H2,1-2H3,(H,16,17). The van der Waals surface area contributed by atoms with E-state index in [1.54, 1.807) is 0 Å². The van der Waals surface area contributed by atoms with E-state index in [2.05, 4.69) is 18.6 Å². The number of hydrogen-bond acceptors (Lipinski definition) is 4. The first-order valence-electron chi connectivity index (χ1n) is 7.75. The van der Waals surface area contributed by atoms with Crippen LogP contribution in [-0.4, -0.2) is 43.8 Å². The summed E-state index contributed by atoms with van der Waals surface area (Å²) in [7, 11) is 0. The van der Waals surface area contributed by atoms with Gasteiger partial charge >= 0.3 is 6.16 Å². The minimum atomic E-state index is -1.24. The molecule has 0 radical (unpaired) electrons. The molecule has 0 fully saturated rings. The second-order valence-electron chi connectivity index (χ2n) is 4.88. The van der Waals surface area contributed by atoms with Gasteiger partial charge in [0.05, 0.1) is 19.3 Å². The Morgan fingerprint density at radius 3 is 2.40 bits per heavy atom. The van der Waals surface area contributed by atoms with Crippen molar-refractivity contribution in [2.45, 2.75) is 64.9 Å². The third-order valence-electron chi connectivity index (χ3n) is 3.00. The molecule has 0 saturated carbocycles. The zero-order valence-electron chi connectivity index (χ0n) is 12.9. The van der Waals surface area contributed by atoms with Crippen LogP contribution in [0.5, 0.6) is 0 Å². The molecule has 0 spiro atoms. The van der Waals surface area contributed by atoms with Gasteiger partial charge in [0.1, 0.15) is 6.61 Å². The Morgan fingerprint density at radius 2 is 1.75 bits per heavy atom. The van der Waals surface area contributed by atoms with Crippen LogP contribution in [0.15, 0.2) is 0 Å². The molecular formula is C15H30O5. The van der Waals surface area contributed by atoms with Gasteiger partial charge in [-0.15, -0.1) is 0 Å². The molecule has 5 nitrogen and oxygen atoms in total. The van der Waals surface area contributed by atoms with E-state index in [4.69, 9.17) is 14.6 Å². The number of hydrogen-bond donors (Lipinski definition) is 1. The highest BCUT2D eigenvalue weighted by molar-refractivity contribution is 5.56. The lowest BCUT2D eigenvalue weighted by Crippen LogP contribution is -2.23. The van der Waals surface area contributed by atoms with Crippen LogP contribution in [0.1, 0.15) is 58.8 Å². The van der Waals surface area contributed by atoms with E-state index in [-0.39, 0.29) is 12.7 Å². The molecule has 1 unspecified atom stereocenters. The number of rotatable bonds is 14. The summed E-state index contributed by atoms with van der Waals surface area (Å²) in [6.07, 6.45) is 6.19. The molecule has 0 aliphatic carbocycles. The first kappa shape index (κ1) is 19.2. The van der Waals surface area contributed by atoms with Gasteiger partial charge in [0.15, 0.2) is 0 Å². The maximum Gasteiger partial charge on any atom is 0.505 e.